The average molecular weight is 207 g/mol. The van der Waals surface area contributed by atoms with Gasteiger partial charge in [-0.15, -0.1) is 0 Å². The van der Waals surface area contributed by atoms with Gasteiger partial charge in [0.25, 0.3) is 0 Å². The Bertz CT molecular complexity index is 314. The second-order valence-corrected chi connectivity index (χ2v) is 3.41. The highest BCUT2D eigenvalue weighted by Crippen LogP contribution is 2.25. The van der Waals surface area contributed by atoms with Crippen molar-refractivity contribution >= 4 is 5.69 Å². The van der Waals surface area contributed by atoms with E-state index >= 15 is 0 Å². The van der Waals surface area contributed by atoms with Crippen LogP contribution in [0.15, 0.2) is 6.20 Å². The number of aromatic nitrogens is 2. The fraction of sp³-hybridized carbons (Fsp3) is 0.625. The molecule has 3 nitrogen and oxygen atoms in total. The predicted octanol–water partition coefficient (Wildman–Crippen LogP) is 2.15. The van der Waals surface area contributed by atoms with Gasteiger partial charge in [-0.05, 0) is 5.92 Å². The van der Waals surface area contributed by atoms with Crippen LogP contribution in [0.1, 0.15) is 25.5 Å². The molecule has 0 amide bonds. The molecule has 0 unspecified atom stereocenters. The molecule has 6 heteroatoms. The summed E-state index contributed by atoms with van der Waals surface area (Å²) in [6.45, 7) is 2.47. The number of halogens is 3. The van der Waals surface area contributed by atoms with E-state index in [1.54, 1.807) is 13.8 Å². The Morgan fingerprint density at radius 3 is 2.50 bits per heavy atom. The third-order valence-electron chi connectivity index (χ3n) is 1.79. The van der Waals surface area contributed by atoms with Gasteiger partial charge in [0.15, 0.2) is 0 Å². The van der Waals surface area contributed by atoms with Crippen molar-refractivity contribution in [3.8, 4) is 0 Å². The molecular formula is C8H12F3N3. The summed E-state index contributed by atoms with van der Waals surface area (Å²) in [5.74, 6) is -0.0696. The van der Waals surface area contributed by atoms with Gasteiger partial charge < -0.3 is 5.73 Å². The lowest BCUT2D eigenvalue weighted by Gasteiger charge is -2.12. The standard InChI is InChI=1S/C8H12F3N3/c1-5(2)7-6(12)3-13-14(7)4-8(9,10)11/h3,5H,4,12H2,1-2H3. The molecule has 1 rings (SSSR count). The highest BCUT2D eigenvalue weighted by atomic mass is 19.4. The smallest absolute Gasteiger partial charge is 0.396 e. The Kier molecular flexibility index (Phi) is 2.73. The molecule has 80 valence electrons. The maximum atomic E-state index is 12.1. The highest BCUT2D eigenvalue weighted by molar-refractivity contribution is 5.42. The first kappa shape index (κ1) is 10.9. The molecule has 0 aliphatic carbocycles. The van der Waals surface area contributed by atoms with Gasteiger partial charge in [-0.25, -0.2) is 0 Å². The van der Waals surface area contributed by atoms with Crippen LogP contribution >= 0.6 is 0 Å². The Morgan fingerprint density at radius 1 is 1.50 bits per heavy atom. The van der Waals surface area contributed by atoms with Gasteiger partial charge in [0.1, 0.15) is 6.54 Å². The van der Waals surface area contributed by atoms with Crippen LogP contribution in [0.3, 0.4) is 0 Å². The lowest BCUT2D eigenvalue weighted by atomic mass is 10.1. The SMILES string of the molecule is CC(C)c1c(N)cnn1CC(F)(F)F. The molecule has 1 heterocycles. The van der Waals surface area contributed by atoms with E-state index in [4.69, 9.17) is 5.73 Å². The van der Waals surface area contributed by atoms with Crippen LogP contribution < -0.4 is 5.73 Å². The summed E-state index contributed by atoms with van der Waals surface area (Å²) in [5, 5.41) is 3.59. The number of rotatable bonds is 2. The second kappa shape index (κ2) is 3.51. The summed E-state index contributed by atoms with van der Waals surface area (Å²) >= 11 is 0. The molecule has 0 aromatic carbocycles. The third-order valence-corrected chi connectivity index (χ3v) is 1.79. The van der Waals surface area contributed by atoms with Crippen LogP contribution in [-0.2, 0) is 6.54 Å². The van der Waals surface area contributed by atoms with Crippen molar-refractivity contribution in [3.63, 3.8) is 0 Å². The van der Waals surface area contributed by atoms with Crippen molar-refractivity contribution in [2.24, 2.45) is 0 Å². The van der Waals surface area contributed by atoms with Crippen LogP contribution in [0, 0.1) is 0 Å². The second-order valence-electron chi connectivity index (χ2n) is 3.41. The molecule has 1 aromatic heterocycles. The van der Waals surface area contributed by atoms with E-state index in [2.05, 4.69) is 5.10 Å². The van der Waals surface area contributed by atoms with Gasteiger partial charge in [0, 0.05) is 0 Å². The number of alkyl halides is 3. The van der Waals surface area contributed by atoms with Gasteiger partial charge in [0.2, 0.25) is 0 Å². The van der Waals surface area contributed by atoms with Crippen molar-refractivity contribution in [3.05, 3.63) is 11.9 Å². The maximum Gasteiger partial charge on any atom is 0.408 e. The lowest BCUT2D eigenvalue weighted by molar-refractivity contribution is -0.143. The van der Waals surface area contributed by atoms with E-state index < -0.39 is 12.7 Å². The Hall–Kier alpha value is -1.20. The molecule has 0 fully saturated rings. The van der Waals surface area contributed by atoms with E-state index in [0.717, 1.165) is 4.68 Å². The summed E-state index contributed by atoms with van der Waals surface area (Å²) in [6.07, 6.45) is -3.01. The van der Waals surface area contributed by atoms with Crippen LogP contribution in [0.2, 0.25) is 0 Å². The van der Waals surface area contributed by atoms with E-state index in [1.165, 1.54) is 6.20 Å². The molecule has 1 aromatic rings. The summed E-state index contributed by atoms with van der Waals surface area (Å²) in [4.78, 5) is 0. The summed E-state index contributed by atoms with van der Waals surface area (Å²) in [6, 6.07) is 0. The molecule has 14 heavy (non-hydrogen) atoms. The number of nitrogen functional groups attached to an aromatic ring is 1. The van der Waals surface area contributed by atoms with Gasteiger partial charge in [-0.1, -0.05) is 13.8 Å². The van der Waals surface area contributed by atoms with Gasteiger partial charge in [-0.3, -0.25) is 4.68 Å². The zero-order valence-electron chi connectivity index (χ0n) is 7.97. The zero-order valence-corrected chi connectivity index (χ0v) is 7.97. The molecular weight excluding hydrogens is 195 g/mol. The molecule has 0 aliphatic rings. The Morgan fingerprint density at radius 2 is 2.07 bits per heavy atom. The molecule has 0 saturated heterocycles. The molecule has 0 spiro atoms. The fourth-order valence-electron chi connectivity index (χ4n) is 1.34. The van der Waals surface area contributed by atoms with E-state index in [0.29, 0.717) is 11.4 Å². The summed E-state index contributed by atoms with van der Waals surface area (Å²) in [7, 11) is 0. The number of hydrogen-bond acceptors (Lipinski definition) is 2. The lowest BCUT2D eigenvalue weighted by Crippen LogP contribution is -2.21. The van der Waals surface area contributed by atoms with Gasteiger partial charge >= 0.3 is 6.18 Å². The molecule has 0 radical (unpaired) electrons. The third kappa shape index (κ3) is 2.40. The number of nitrogens with two attached hydrogens (primary N) is 1. The minimum atomic E-state index is -4.26. The van der Waals surface area contributed by atoms with Crippen molar-refractivity contribution in [1.82, 2.24) is 9.78 Å². The molecule has 0 bridgehead atoms. The predicted molar refractivity (Wildman–Crippen MR) is 46.8 cm³/mol. The minimum absolute atomic E-state index is 0.0696. The average Bonchev–Trinajstić information content (AvgIpc) is 2.27. The van der Waals surface area contributed by atoms with Crippen molar-refractivity contribution in [1.29, 1.82) is 0 Å². The number of nitrogens with zero attached hydrogens (tertiary/aromatic N) is 2. The van der Waals surface area contributed by atoms with E-state index in [-0.39, 0.29) is 5.92 Å². The van der Waals surface area contributed by atoms with Crippen molar-refractivity contribution in [2.45, 2.75) is 32.5 Å². The summed E-state index contributed by atoms with van der Waals surface area (Å²) in [5.41, 5.74) is 6.25. The van der Waals surface area contributed by atoms with Crippen LogP contribution in [0.25, 0.3) is 0 Å². The van der Waals surface area contributed by atoms with Crippen LogP contribution in [-0.4, -0.2) is 16.0 Å². The highest BCUT2D eigenvalue weighted by Gasteiger charge is 2.30. The summed E-state index contributed by atoms with van der Waals surface area (Å²) < 4.78 is 37.2. The molecule has 0 aliphatic heterocycles. The zero-order chi connectivity index (χ0) is 10.9. The quantitative estimate of drug-likeness (QED) is 0.807. The number of hydrogen-bond donors (Lipinski definition) is 1. The molecule has 0 atom stereocenters. The maximum absolute atomic E-state index is 12.1. The first-order chi connectivity index (χ1) is 6.31. The van der Waals surface area contributed by atoms with Gasteiger partial charge in [0.05, 0.1) is 17.6 Å². The molecule has 0 saturated carbocycles. The molecule has 2 N–H and O–H groups in total. The fourth-order valence-corrected chi connectivity index (χ4v) is 1.34. The first-order valence-corrected chi connectivity index (χ1v) is 4.19. The van der Waals surface area contributed by atoms with Crippen LogP contribution in [0.4, 0.5) is 18.9 Å². The Labute approximate surface area is 79.7 Å². The monoisotopic (exact) mass is 207 g/mol. The largest absolute Gasteiger partial charge is 0.408 e. The van der Waals surface area contributed by atoms with E-state index in [1.807, 2.05) is 0 Å². The van der Waals surface area contributed by atoms with Crippen molar-refractivity contribution < 1.29 is 13.2 Å². The first-order valence-electron chi connectivity index (χ1n) is 4.19. The van der Waals surface area contributed by atoms with Crippen molar-refractivity contribution in [2.75, 3.05) is 5.73 Å². The van der Waals surface area contributed by atoms with Gasteiger partial charge in [-0.2, -0.15) is 18.3 Å². The normalized spacial score (nSPS) is 12.4. The number of anilines is 1. The van der Waals surface area contributed by atoms with E-state index in [9.17, 15) is 13.2 Å². The van der Waals surface area contributed by atoms with Crippen LogP contribution in [0.5, 0.6) is 0 Å². The topological polar surface area (TPSA) is 43.8 Å². The minimum Gasteiger partial charge on any atom is -0.396 e. The Balaban J connectivity index is 2.98.